The molecule has 2 heterocycles. The van der Waals surface area contributed by atoms with Crippen molar-refractivity contribution in [2.75, 3.05) is 6.61 Å². The summed E-state index contributed by atoms with van der Waals surface area (Å²) in [6.07, 6.45) is 3.58. The number of aromatic nitrogens is 3. The lowest BCUT2D eigenvalue weighted by molar-refractivity contribution is 0.0862. The third-order valence-electron chi connectivity index (χ3n) is 6.12. The third-order valence-corrected chi connectivity index (χ3v) is 6.34. The SMILES string of the molecule is CC(C)[C@@]12Cc3c(C(=O)NC(C)(C)CO)nn(-c4ccc(Cl)cn4)c3[C@@H]1C2. The number of pyridine rings is 1. The number of hydrogen-bond donors (Lipinski definition) is 2. The second-order valence-corrected chi connectivity index (χ2v) is 9.21. The van der Waals surface area contributed by atoms with Crippen molar-refractivity contribution in [3.8, 4) is 5.82 Å². The van der Waals surface area contributed by atoms with Crippen LogP contribution in [-0.2, 0) is 6.42 Å². The summed E-state index contributed by atoms with van der Waals surface area (Å²) in [5, 5.41) is 17.6. The average Bonchev–Trinajstić information content (AvgIpc) is 3.06. The van der Waals surface area contributed by atoms with Gasteiger partial charge in [0.1, 0.15) is 0 Å². The first kappa shape index (κ1) is 18.4. The smallest absolute Gasteiger partial charge is 0.272 e. The van der Waals surface area contributed by atoms with E-state index in [0.29, 0.717) is 28.4 Å². The monoisotopic (exact) mass is 388 g/mol. The predicted molar refractivity (Wildman–Crippen MR) is 103 cm³/mol. The number of halogens is 1. The van der Waals surface area contributed by atoms with Gasteiger partial charge in [0.05, 0.1) is 22.9 Å². The first-order chi connectivity index (χ1) is 12.7. The Hall–Kier alpha value is -1.92. The van der Waals surface area contributed by atoms with Crippen molar-refractivity contribution < 1.29 is 9.90 Å². The average molecular weight is 389 g/mol. The molecule has 4 rings (SSSR count). The summed E-state index contributed by atoms with van der Waals surface area (Å²) in [5.41, 5.74) is 2.08. The fourth-order valence-electron chi connectivity index (χ4n) is 4.31. The molecule has 2 aliphatic carbocycles. The van der Waals surface area contributed by atoms with E-state index in [9.17, 15) is 9.90 Å². The summed E-state index contributed by atoms with van der Waals surface area (Å²) in [6.45, 7) is 7.93. The molecule has 7 heteroatoms. The Labute approximate surface area is 163 Å². The lowest BCUT2D eigenvalue weighted by Gasteiger charge is -2.23. The maximum atomic E-state index is 12.9. The standard InChI is InChI=1S/C20H25ClN4O2/c1-11(2)20-7-13-16(18(27)23-19(3,4)10-26)24-25(17(13)14(20)8-20)15-6-5-12(21)9-22-15/h5-6,9,11,14,26H,7-8,10H2,1-4H3,(H,23,27)/t14-,20-/m0/s1. The summed E-state index contributed by atoms with van der Waals surface area (Å²) in [7, 11) is 0. The fraction of sp³-hybridized carbons (Fsp3) is 0.550. The Morgan fingerprint density at radius 2 is 2.22 bits per heavy atom. The zero-order valence-corrected chi connectivity index (χ0v) is 16.8. The number of aliphatic hydroxyl groups is 1. The molecule has 1 saturated carbocycles. The second kappa shape index (κ2) is 6.04. The molecule has 1 amide bonds. The number of amides is 1. The minimum absolute atomic E-state index is 0.140. The molecule has 2 aromatic rings. The number of carbonyl (C=O) groups excluding carboxylic acids is 1. The van der Waals surface area contributed by atoms with Gasteiger partial charge in [-0.05, 0) is 50.2 Å². The van der Waals surface area contributed by atoms with Crippen LogP contribution in [0.5, 0.6) is 0 Å². The molecule has 2 aromatic heterocycles. The van der Waals surface area contributed by atoms with Crippen LogP contribution in [0.1, 0.15) is 61.8 Å². The number of hydrogen-bond acceptors (Lipinski definition) is 4. The highest BCUT2D eigenvalue weighted by molar-refractivity contribution is 6.30. The van der Waals surface area contributed by atoms with E-state index >= 15 is 0 Å². The van der Waals surface area contributed by atoms with Gasteiger partial charge in [-0.1, -0.05) is 25.4 Å². The van der Waals surface area contributed by atoms with Gasteiger partial charge in [0.2, 0.25) is 0 Å². The molecule has 0 aromatic carbocycles. The van der Waals surface area contributed by atoms with Crippen molar-refractivity contribution in [3.63, 3.8) is 0 Å². The van der Waals surface area contributed by atoms with Crippen molar-refractivity contribution >= 4 is 17.5 Å². The Morgan fingerprint density at radius 3 is 2.81 bits per heavy atom. The van der Waals surface area contributed by atoms with Gasteiger partial charge in [0.25, 0.3) is 5.91 Å². The van der Waals surface area contributed by atoms with Crippen LogP contribution in [0.4, 0.5) is 0 Å². The molecule has 1 fully saturated rings. The molecule has 27 heavy (non-hydrogen) atoms. The van der Waals surface area contributed by atoms with Crippen molar-refractivity contribution in [1.82, 2.24) is 20.1 Å². The zero-order valence-electron chi connectivity index (χ0n) is 16.1. The lowest BCUT2D eigenvalue weighted by atomic mass is 9.88. The van der Waals surface area contributed by atoms with Gasteiger partial charge in [-0.3, -0.25) is 4.79 Å². The van der Waals surface area contributed by atoms with Crippen LogP contribution in [0.15, 0.2) is 18.3 Å². The molecule has 0 unspecified atom stereocenters. The fourth-order valence-corrected chi connectivity index (χ4v) is 4.42. The zero-order chi connectivity index (χ0) is 19.6. The van der Waals surface area contributed by atoms with Crippen LogP contribution in [0.3, 0.4) is 0 Å². The molecule has 0 bridgehead atoms. The molecular weight excluding hydrogens is 364 g/mol. The predicted octanol–water partition coefficient (Wildman–Crippen LogP) is 3.11. The molecule has 144 valence electrons. The van der Waals surface area contributed by atoms with Crippen LogP contribution in [-0.4, -0.2) is 37.9 Å². The third kappa shape index (κ3) is 2.86. The molecule has 0 saturated heterocycles. The Balaban J connectivity index is 1.79. The highest BCUT2D eigenvalue weighted by atomic mass is 35.5. The van der Waals surface area contributed by atoms with Gasteiger partial charge in [0.15, 0.2) is 11.5 Å². The largest absolute Gasteiger partial charge is 0.394 e. The molecule has 0 spiro atoms. The number of nitrogens with one attached hydrogen (secondary N) is 1. The van der Waals surface area contributed by atoms with Crippen molar-refractivity contribution in [1.29, 1.82) is 0 Å². The Morgan fingerprint density at radius 1 is 1.48 bits per heavy atom. The number of carbonyl (C=O) groups is 1. The Bertz CT molecular complexity index is 903. The normalized spacial score (nSPS) is 23.3. The van der Waals surface area contributed by atoms with E-state index in [-0.39, 0.29) is 17.9 Å². The topological polar surface area (TPSA) is 80.0 Å². The van der Waals surface area contributed by atoms with Crippen LogP contribution < -0.4 is 5.32 Å². The van der Waals surface area contributed by atoms with Gasteiger partial charge in [-0.15, -0.1) is 0 Å². The van der Waals surface area contributed by atoms with Crippen molar-refractivity contribution in [2.24, 2.45) is 11.3 Å². The summed E-state index contributed by atoms with van der Waals surface area (Å²) < 4.78 is 1.81. The maximum absolute atomic E-state index is 12.9. The number of nitrogens with zero attached hydrogens (tertiary/aromatic N) is 3. The number of rotatable bonds is 5. The lowest BCUT2D eigenvalue weighted by Crippen LogP contribution is -2.46. The van der Waals surface area contributed by atoms with Crippen LogP contribution in [0.25, 0.3) is 5.82 Å². The summed E-state index contributed by atoms with van der Waals surface area (Å²) in [5.74, 6) is 1.36. The van der Waals surface area contributed by atoms with Crippen LogP contribution in [0, 0.1) is 11.3 Å². The van der Waals surface area contributed by atoms with E-state index < -0.39 is 5.54 Å². The molecule has 2 atom stereocenters. The van der Waals surface area contributed by atoms with E-state index in [2.05, 4.69) is 29.2 Å². The summed E-state index contributed by atoms with van der Waals surface area (Å²) in [4.78, 5) is 17.3. The maximum Gasteiger partial charge on any atom is 0.272 e. The number of aliphatic hydroxyl groups excluding tert-OH is 1. The highest BCUT2D eigenvalue weighted by Gasteiger charge is 2.64. The minimum atomic E-state index is -0.705. The van der Waals surface area contributed by atoms with Crippen molar-refractivity contribution in [2.45, 2.75) is 52.0 Å². The number of fused-ring (bicyclic) bond motifs is 3. The van der Waals surface area contributed by atoms with Gasteiger partial charge in [-0.2, -0.15) is 5.10 Å². The first-order valence-corrected chi connectivity index (χ1v) is 9.73. The first-order valence-electron chi connectivity index (χ1n) is 9.35. The molecule has 2 aliphatic rings. The van der Waals surface area contributed by atoms with Crippen LogP contribution in [0.2, 0.25) is 5.02 Å². The molecule has 0 aliphatic heterocycles. The van der Waals surface area contributed by atoms with Gasteiger partial charge < -0.3 is 10.4 Å². The molecular formula is C20H25ClN4O2. The van der Waals surface area contributed by atoms with Gasteiger partial charge >= 0.3 is 0 Å². The summed E-state index contributed by atoms with van der Waals surface area (Å²) in [6, 6.07) is 3.61. The Kier molecular flexibility index (Phi) is 4.13. The minimum Gasteiger partial charge on any atom is -0.394 e. The quantitative estimate of drug-likeness (QED) is 0.824. The van der Waals surface area contributed by atoms with Crippen LogP contribution >= 0.6 is 11.6 Å². The van der Waals surface area contributed by atoms with Crippen molar-refractivity contribution in [3.05, 3.63) is 40.3 Å². The summed E-state index contributed by atoms with van der Waals surface area (Å²) >= 11 is 5.98. The van der Waals surface area contributed by atoms with E-state index in [1.165, 1.54) is 0 Å². The van der Waals surface area contributed by atoms with E-state index in [0.717, 1.165) is 24.1 Å². The van der Waals surface area contributed by atoms with E-state index in [4.69, 9.17) is 11.6 Å². The van der Waals surface area contributed by atoms with Gasteiger partial charge in [0, 0.05) is 17.7 Å². The van der Waals surface area contributed by atoms with E-state index in [1.807, 2.05) is 10.7 Å². The van der Waals surface area contributed by atoms with Gasteiger partial charge in [-0.25, -0.2) is 9.67 Å². The molecule has 0 radical (unpaired) electrons. The second-order valence-electron chi connectivity index (χ2n) is 8.78. The molecule has 2 N–H and O–H groups in total. The molecule has 6 nitrogen and oxygen atoms in total. The highest BCUT2D eigenvalue weighted by Crippen LogP contribution is 2.70. The van der Waals surface area contributed by atoms with E-state index in [1.54, 1.807) is 26.1 Å².